The summed E-state index contributed by atoms with van der Waals surface area (Å²) in [5, 5.41) is 4.88. The van der Waals surface area contributed by atoms with E-state index in [2.05, 4.69) is 15.1 Å². The second kappa shape index (κ2) is 6.38. The summed E-state index contributed by atoms with van der Waals surface area (Å²) in [7, 11) is 0. The number of carbonyl (C=O) groups is 1. The van der Waals surface area contributed by atoms with Crippen molar-refractivity contribution in [2.45, 2.75) is 18.9 Å². The second-order valence-electron chi connectivity index (χ2n) is 3.70. The van der Waals surface area contributed by atoms with Crippen LogP contribution >= 0.6 is 11.8 Å². The fraction of sp³-hybridized carbons (Fsp3) is 0.333. The van der Waals surface area contributed by atoms with Gasteiger partial charge in [0.25, 0.3) is 0 Å². The highest BCUT2D eigenvalue weighted by molar-refractivity contribution is 7.99. The molecule has 0 fully saturated rings. The molecule has 0 bridgehead atoms. The van der Waals surface area contributed by atoms with Crippen molar-refractivity contribution in [3.8, 4) is 5.82 Å². The second-order valence-corrected chi connectivity index (χ2v) is 4.95. The van der Waals surface area contributed by atoms with Crippen LogP contribution in [-0.2, 0) is 4.74 Å². The Bertz CT molecular complexity index is 599. The number of hydrogen-bond donors (Lipinski definition) is 1. The van der Waals surface area contributed by atoms with Crippen LogP contribution in [0.1, 0.15) is 24.2 Å². The molecule has 0 aromatic carbocycles. The van der Waals surface area contributed by atoms with Gasteiger partial charge in [-0.05, 0) is 12.7 Å². The minimum atomic E-state index is -0.471. The van der Waals surface area contributed by atoms with Crippen molar-refractivity contribution in [1.29, 1.82) is 0 Å². The number of hydrogen-bond acceptors (Lipinski definition) is 7. The zero-order chi connectivity index (χ0) is 14.5. The minimum absolute atomic E-state index is 0.220. The van der Waals surface area contributed by atoms with E-state index >= 15 is 0 Å². The van der Waals surface area contributed by atoms with Crippen LogP contribution in [0.15, 0.2) is 23.6 Å². The maximum Gasteiger partial charge on any atom is 0.344 e. The van der Waals surface area contributed by atoms with Gasteiger partial charge in [0, 0.05) is 12.3 Å². The van der Waals surface area contributed by atoms with Crippen molar-refractivity contribution in [1.82, 2.24) is 19.7 Å². The zero-order valence-corrected chi connectivity index (χ0v) is 12.1. The third kappa shape index (κ3) is 2.74. The Morgan fingerprint density at radius 1 is 1.50 bits per heavy atom. The molecular formula is C12H15N5O2S. The molecule has 0 saturated carbocycles. The van der Waals surface area contributed by atoms with Crippen LogP contribution in [-0.4, -0.2) is 38.1 Å². The lowest BCUT2D eigenvalue weighted by molar-refractivity contribution is 0.0523. The first-order chi connectivity index (χ1) is 9.69. The molecule has 0 aliphatic heterocycles. The van der Waals surface area contributed by atoms with Crippen molar-refractivity contribution in [2.24, 2.45) is 0 Å². The fourth-order valence-corrected chi connectivity index (χ4v) is 2.37. The molecule has 106 valence electrons. The van der Waals surface area contributed by atoms with Gasteiger partial charge in [0.1, 0.15) is 22.7 Å². The van der Waals surface area contributed by atoms with Crippen LogP contribution in [0.25, 0.3) is 5.82 Å². The first-order valence-corrected chi connectivity index (χ1v) is 7.12. The Morgan fingerprint density at radius 2 is 2.30 bits per heavy atom. The van der Waals surface area contributed by atoms with E-state index in [0.717, 1.165) is 5.75 Å². The van der Waals surface area contributed by atoms with Gasteiger partial charge in [0.05, 0.1) is 6.61 Å². The summed E-state index contributed by atoms with van der Waals surface area (Å²) in [4.78, 5) is 19.9. The van der Waals surface area contributed by atoms with Crippen LogP contribution in [0.2, 0.25) is 0 Å². The normalized spacial score (nSPS) is 10.5. The largest absolute Gasteiger partial charge is 0.462 e. The lowest BCUT2D eigenvalue weighted by Gasteiger charge is -2.03. The van der Waals surface area contributed by atoms with Gasteiger partial charge in [-0.25, -0.2) is 14.8 Å². The highest BCUT2D eigenvalue weighted by atomic mass is 32.2. The van der Waals surface area contributed by atoms with Gasteiger partial charge >= 0.3 is 5.97 Å². The number of ether oxygens (including phenoxy) is 1. The number of aromatic nitrogens is 4. The van der Waals surface area contributed by atoms with E-state index < -0.39 is 5.97 Å². The van der Waals surface area contributed by atoms with Crippen molar-refractivity contribution in [3.05, 3.63) is 24.2 Å². The highest BCUT2D eigenvalue weighted by Crippen LogP contribution is 2.28. The molecule has 2 aromatic rings. The summed E-state index contributed by atoms with van der Waals surface area (Å²) in [6.07, 6.45) is 2.98. The number of rotatable bonds is 5. The number of nitrogens with zero attached hydrogens (tertiary/aromatic N) is 4. The number of anilines is 1. The maximum atomic E-state index is 12.0. The molecule has 7 nitrogen and oxygen atoms in total. The van der Waals surface area contributed by atoms with E-state index in [1.165, 1.54) is 22.8 Å². The van der Waals surface area contributed by atoms with Crippen molar-refractivity contribution in [2.75, 3.05) is 18.1 Å². The van der Waals surface area contributed by atoms with E-state index in [1.807, 2.05) is 6.92 Å². The lowest BCUT2D eigenvalue weighted by Crippen LogP contribution is -2.10. The summed E-state index contributed by atoms with van der Waals surface area (Å²) in [6.45, 7) is 4.00. The average Bonchev–Trinajstić information content (AvgIpc) is 2.77. The Morgan fingerprint density at radius 3 is 2.90 bits per heavy atom. The Labute approximate surface area is 120 Å². The SMILES string of the molecule is CCOC(=O)c1c(SCC)nn(-c2ccncn2)c1N. The molecule has 8 heteroatoms. The predicted molar refractivity (Wildman–Crippen MR) is 75.9 cm³/mol. The monoisotopic (exact) mass is 293 g/mol. The summed E-state index contributed by atoms with van der Waals surface area (Å²) in [5.74, 6) is 1.03. The molecule has 0 unspecified atom stereocenters. The van der Waals surface area contributed by atoms with Gasteiger partial charge < -0.3 is 10.5 Å². The van der Waals surface area contributed by atoms with Gasteiger partial charge in [-0.2, -0.15) is 9.78 Å². The Hall–Kier alpha value is -2.09. The quantitative estimate of drug-likeness (QED) is 0.659. The minimum Gasteiger partial charge on any atom is -0.462 e. The van der Waals surface area contributed by atoms with E-state index in [-0.39, 0.29) is 18.0 Å². The number of esters is 1. The maximum absolute atomic E-state index is 12.0. The van der Waals surface area contributed by atoms with E-state index in [9.17, 15) is 4.79 Å². The van der Waals surface area contributed by atoms with Crippen molar-refractivity contribution < 1.29 is 9.53 Å². The van der Waals surface area contributed by atoms with E-state index in [4.69, 9.17) is 10.5 Å². The molecule has 0 radical (unpaired) electrons. The molecule has 2 rings (SSSR count). The van der Waals surface area contributed by atoms with Crippen molar-refractivity contribution in [3.63, 3.8) is 0 Å². The van der Waals surface area contributed by atoms with Crippen LogP contribution in [0.5, 0.6) is 0 Å². The van der Waals surface area contributed by atoms with Gasteiger partial charge in [0.2, 0.25) is 0 Å². The van der Waals surface area contributed by atoms with E-state index in [0.29, 0.717) is 10.8 Å². The number of nitrogen functional groups attached to an aromatic ring is 1. The third-order valence-corrected chi connectivity index (χ3v) is 3.28. The average molecular weight is 293 g/mol. The van der Waals surface area contributed by atoms with Crippen LogP contribution < -0.4 is 5.73 Å². The van der Waals surface area contributed by atoms with Gasteiger partial charge in [-0.1, -0.05) is 6.92 Å². The van der Waals surface area contributed by atoms with Crippen LogP contribution in [0.3, 0.4) is 0 Å². The molecule has 0 aliphatic carbocycles. The summed E-state index contributed by atoms with van der Waals surface area (Å²) in [5.41, 5.74) is 6.31. The smallest absolute Gasteiger partial charge is 0.344 e. The van der Waals surface area contributed by atoms with Crippen molar-refractivity contribution >= 4 is 23.5 Å². The molecule has 0 saturated heterocycles. The topological polar surface area (TPSA) is 95.9 Å². The molecule has 20 heavy (non-hydrogen) atoms. The molecule has 2 N–H and O–H groups in total. The molecule has 0 atom stereocenters. The third-order valence-electron chi connectivity index (χ3n) is 2.43. The zero-order valence-electron chi connectivity index (χ0n) is 11.2. The summed E-state index contributed by atoms with van der Waals surface area (Å²) in [6, 6.07) is 1.67. The molecule has 0 amide bonds. The van der Waals surface area contributed by atoms with Crippen LogP contribution in [0.4, 0.5) is 5.82 Å². The van der Waals surface area contributed by atoms with Crippen LogP contribution in [0, 0.1) is 0 Å². The van der Waals surface area contributed by atoms with Gasteiger partial charge in [-0.15, -0.1) is 11.8 Å². The Balaban J connectivity index is 2.50. The lowest BCUT2D eigenvalue weighted by atomic mass is 10.3. The first kappa shape index (κ1) is 14.3. The number of carbonyl (C=O) groups excluding carboxylic acids is 1. The molecule has 2 aromatic heterocycles. The molecular weight excluding hydrogens is 278 g/mol. The fourth-order valence-electron chi connectivity index (χ4n) is 1.63. The summed E-state index contributed by atoms with van der Waals surface area (Å²) < 4.78 is 6.45. The molecule has 0 spiro atoms. The Kier molecular flexibility index (Phi) is 4.57. The standard InChI is InChI=1S/C12H15N5O2S/c1-3-19-12(18)9-10(13)17(16-11(9)20-4-2)8-5-6-14-7-15-8/h5-7H,3-4,13H2,1-2H3. The number of thioether (sulfide) groups is 1. The summed E-state index contributed by atoms with van der Waals surface area (Å²) >= 11 is 1.43. The molecule has 2 heterocycles. The number of nitrogens with two attached hydrogens (primary N) is 1. The predicted octanol–water partition coefficient (Wildman–Crippen LogP) is 1.53. The molecule has 0 aliphatic rings. The van der Waals surface area contributed by atoms with Gasteiger partial charge in [0.15, 0.2) is 5.82 Å². The van der Waals surface area contributed by atoms with E-state index in [1.54, 1.807) is 19.2 Å². The highest BCUT2D eigenvalue weighted by Gasteiger charge is 2.24. The first-order valence-electron chi connectivity index (χ1n) is 6.13. The van der Waals surface area contributed by atoms with Gasteiger partial charge in [-0.3, -0.25) is 0 Å².